The van der Waals surface area contributed by atoms with Crippen molar-refractivity contribution in [2.24, 2.45) is 7.05 Å². The van der Waals surface area contributed by atoms with Gasteiger partial charge in [-0.2, -0.15) is 4.80 Å². The van der Waals surface area contributed by atoms with E-state index in [9.17, 15) is 4.79 Å². The molecule has 0 fully saturated rings. The minimum Gasteiger partial charge on any atom is -0.451 e. The molecule has 2 aromatic heterocycles. The highest BCUT2D eigenvalue weighted by atomic mass is 79.9. The summed E-state index contributed by atoms with van der Waals surface area (Å²) in [6.45, 7) is 0. The topological polar surface area (TPSA) is 85.8 Å². The highest BCUT2D eigenvalue weighted by molar-refractivity contribution is 9.10. The third-order valence-electron chi connectivity index (χ3n) is 2.69. The average molecular weight is 348 g/mol. The number of halogens is 1. The lowest BCUT2D eigenvalue weighted by Crippen LogP contribution is -2.12. The maximum atomic E-state index is 12.0. The number of anilines is 1. The number of hydrogen-bond donors (Lipinski definition) is 1. The molecule has 0 saturated carbocycles. The molecule has 0 saturated heterocycles. The van der Waals surface area contributed by atoms with Gasteiger partial charge in [0.2, 0.25) is 0 Å². The van der Waals surface area contributed by atoms with Gasteiger partial charge in [-0.25, -0.2) is 0 Å². The Kier molecular flexibility index (Phi) is 3.53. The number of tetrazole rings is 1. The zero-order chi connectivity index (χ0) is 14.8. The molecule has 0 aliphatic heterocycles. The number of hydrogen-bond acceptors (Lipinski definition) is 5. The van der Waals surface area contributed by atoms with E-state index >= 15 is 0 Å². The van der Waals surface area contributed by atoms with E-state index in [1.807, 2.05) is 24.3 Å². The van der Waals surface area contributed by atoms with Crippen LogP contribution in [0, 0.1) is 0 Å². The summed E-state index contributed by atoms with van der Waals surface area (Å²) >= 11 is 3.37. The molecule has 0 aliphatic rings. The Morgan fingerprint density at radius 3 is 2.67 bits per heavy atom. The third-order valence-corrected chi connectivity index (χ3v) is 3.22. The van der Waals surface area contributed by atoms with E-state index in [1.54, 1.807) is 19.2 Å². The van der Waals surface area contributed by atoms with Crippen LogP contribution in [0.4, 0.5) is 5.95 Å². The van der Waals surface area contributed by atoms with Gasteiger partial charge in [-0.05, 0) is 29.5 Å². The van der Waals surface area contributed by atoms with Crippen molar-refractivity contribution < 1.29 is 9.21 Å². The standard InChI is InChI=1S/C13H10BrN5O2/c1-19-17-13(16-18-19)15-12(20)11-7-6-10(21-11)8-2-4-9(14)5-3-8/h2-7H,1H3,(H,15,17,20). The van der Waals surface area contributed by atoms with Crippen LogP contribution in [0.15, 0.2) is 45.3 Å². The van der Waals surface area contributed by atoms with Gasteiger partial charge in [0, 0.05) is 10.0 Å². The maximum Gasteiger partial charge on any atom is 0.293 e. The number of benzene rings is 1. The molecule has 21 heavy (non-hydrogen) atoms. The second kappa shape index (κ2) is 5.49. The number of nitrogens with one attached hydrogen (secondary N) is 1. The number of carbonyl (C=O) groups excluding carboxylic acids is 1. The van der Waals surface area contributed by atoms with E-state index in [0.29, 0.717) is 5.76 Å². The first kappa shape index (κ1) is 13.5. The molecule has 0 unspecified atom stereocenters. The Morgan fingerprint density at radius 1 is 1.24 bits per heavy atom. The predicted molar refractivity (Wildman–Crippen MR) is 78.6 cm³/mol. The maximum absolute atomic E-state index is 12.0. The van der Waals surface area contributed by atoms with E-state index < -0.39 is 5.91 Å². The van der Waals surface area contributed by atoms with E-state index in [1.165, 1.54) is 4.80 Å². The van der Waals surface area contributed by atoms with Crippen molar-refractivity contribution in [3.05, 3.63) is 46.6 Å². The predicted octanol–water partition coefficient (Wildman–Crippen LogP) is 2.48. The molecule has 0 spiro atoms. The van der Waals surface area contributed by atoms with Gasteiger partial charge in [0.1, 0.15) is 5.76 Å². The fraction of sp³-hybridized carbons (Fsp3) is 0.0769. The van der Waals surface area contributed by atoms with Gasteiger partial charge in [0.15, 0.2) is 5.76 Å². The highest BCUT2D eigenvalue weighted by Crippen LogP contribution is 2.24. The number of nitrogens with zero attached hydrogens (tertiary/aromatic N) is 4. The van der Waals surface area contributed by atoms with Gasteiger partial charge >= 0.3 is 0 Å². The molecule has 8 heteroatoms. The summed E-state index contributed by atoms with van der Waals surface area (Å²) in [6, 6.07) is 10.9. The smallest absolute Gasteiger partial charge is 0.293 e. The van der Waals surface area contributed by atoms with Crippen LogP contribution in [0.3, 0.4) is 0 Å². The van der Waals surface area contributed by atoms with Crippen molar-refractivity contribution in [1.29, 1.82) is 0 Å². The van der Waals surface area contributed by atoms with Gasteiger partial charge in [0.05, 0.1) is 7.05 Å². The Morgan fingerprint density at radius 2 is 2.00 bits per heavy atom. The molecule has 7 nitrogen and oxygen atoms in total. The van der Waals surface area contributed by atoms with Crippen LogP contribution < -0.4 is 5.32 Å². The van der Waals surface area contributed by atoms with Crippen LogP contribution >= 0.6 is 15.9 Å². The summed E-state index contributed by atoms with van der Waals surface area (Å²) in [5.41, 5.74) is 0.884. The quantitative estimate of drug-likeness (QED) is 0.786. The van der Waals surface area contributed by atoms with Gasteiger partial charge in [-0.15, -0.1) is 5.10 Å². The number of aryl methyl sites for hydroxylation is 1. The third kappa shape index (κ3) is 3.00. The minimum atomic E-state index is -0.425. The first-order chi connectivity index (χ1) is 10.1. The summed E-state index contributed by atoms with van der Waals surface area (Å²) in [6.07, 6.45) is 0. The summed E-state index contributed by atoms with van der Waals surface area (Å²) in [4.78, 5) is 13.2. The second-order valence-corrected chi connectivity index (χ2v) is 5.14. The van der Waals surface area contributed by atoms with Crippen LogP contribution in [-0.2, 0) is 7.05 Å². The Labute approximate surface area is 128 Å². The van der Waals surface area contributed by atoms with E-state index in [4.69, 9.17) is 4.42 Å². The SMILES string of the molecule is Cn1nnc(NC(=O)c2ccc(-c3ccc(Br)cc3)o2)n1. The summed E-state index contributed by atoms with van der Waals surface area (Å²) < 4.78 is 6.52. The first-order valence-corrected chi connectivity index (χ1v) is 6.82. The van der Waals surface area contributed by atoms with Crippen molar-refractivity contribution in [3.63, 3.8) is 0 Å². The molecule has 106 valence electrons. The molecule has 0 radical (unpaired) electrons. The molecule has 3 aromatic rings. The molecule has 1 N–H and O–H groups in total. The van der Waals surface area contributed by atoms with Gasteiger partial charge in [-0.1, -0.05) is 33.2 Å². The number of amides is 1. The molecule has 2 heterocycles. The number of aromatic nitrogens is 4. The lowest BCUT2D eigenvalue weighted by Gasteiger charge is -1.98. The lowest BCUT2D eigenvalue weighted by atomic mass is 10.2. The van der Waals surface area contributed by atoms with Crippen molar-refractivity contribution in [1.82, 2.24) is 20.2 Å². The van der Waals surface area contributed by atoms with Crippen molar-refractivity contribution in [3.8, 4) is 11.3 Å². The fourth-order valence-corrected chi connectivity index (χ4v) is 1.99. The zero-order valence-electron chi connectivity index (χ0n) is 10.9. The van der Waals surface area contributed by atoms with Crippen LogP contribution in [0.1, 0.15) is 10.6 Å². The molecule has 1 aromatic carbocycles. The zero-order valence-corrected chi connectivity index (χ0v) is 12.5. The summed E-state index contributed by atoms with van der Waals surface area (Å²) in [5.74, 6) is 0.496. The van der Waals surface area contributed by atoms with E-state index in [-0.39, 0.29) is 11.7 Å². The summed E-state index contributed by atoms with van der Waals surface area (Å²) in [5, 5.41) is 13.7. The lowest BCUT2D eigenvalue weighted by molar-refractivity contribution is 0.0996. The van der Waals surface area contributed by atoms with Crippen LogP contribution in [0.5, 0.6) is 0 Å². The van der Waals surface area contributed by atoms with Gasteiger partial charge in [-0.3, -0.25) is 10.1 Å². The van der Waals surface area contributed by atoms with Gasteiger partial charge in [0.25, 0.3) is 11.9 Å². The second-order valence-electron chi connectivity index (χ2n) is 4.23. The number of furan rings is 1. The molecular formula is C13H10BrN5O2. The fourth-order valence-electron chi connectivity index (χ4n) is 1.73. The first-order valence-electron chi connectivity index (χ1n) is 6.03. The van der Waals surface area contributed by atoms with Crippen molar-refractivity contribution >= 4 is 27.8 Å². The molecule has 3 rings (SSSR count). The normalized spacial score (nSPS) is 10.6. The van der Waals surface area contributed by atoms with Crippen LogP contribution in [-0.4, -0.2) is 26.1 Å². The molecule has 0 bridgehead atoms. The Balaban J connectivity index is 1.78. The van der Waals surface area contributed by atoms with Gasteiger partial charge < -0.3 is 4.42 Å². The number of rotatable bonds is 3. The van der Waals surface area contributed by atoms with Crippen LogP contribution in [0.25, 0.3) is 11.3 Å². The summed E-state index contributed by atoms with van der Waals surface area (Å²) in [7, 11) is 1.61. The van der Waals surface area contributed by atoms with Crippen LogP contribution in [0.2, 0.25) is 0 Å². The van der Waals surface area contributed by atoms with E-state index in [2.05, 4.69) is 36.7 Å². The largest absolute Gasteiger partial charge is 0.451 e. The molecule has 0 atom stereocenters. The molecular weight excluding hydrogens is 338 g/mol. The number of carbonyl (C=O) groups is 1. The van der Waals surface area contributed by atoms with Crippen molar-refractivity contribution in [2.45, 2.75) is 0 Å². The monoisotopic (exact) mass is 347 g/mol. The van der Waals surface area contributed by atoms with E-state index in [0.717, 1.165) is 10.0 Å². The Hall–Kier alpha value is -2.48. The average Bonchev–Trinajstić information content (AvgIpc) is 3.09. The highest BCUT2D eigenvalue weighted by Gasteiger charge is 2.14. The van der Waals surface area contributed by atoms with Crippen molar-refractivity contribution in [2.75, 3.05) is 5.32 Å². The minimum absolute atomic E-state index is 0.129. The molecule has 1 amide bonds. The Bertz CT molecular complexity index is 778. The molecule has 0 aliphatic carbocycles.